The number of β-lactam (4-membered cyclic amide) rings is 1. The first-order valence-corrected chi connectivity index (χ1v) is 17.7. The molecule has 2 aromatic heterocycles. The molecular formula is C30H38N8O8S2+2. The number of aliphatic carboxylic acids is 2. The molecule has 8 atom stereocenters. The summed E-state index contributed by atoms with van der Waals surface area (Å²) in [5, 5.41) is 34.2. The number of carbonyl (C=O) groups excluding carboxylic acids is 2. The Morgan fingerprint density at radius 3 is 2.06 bits per heavy atom. The van der Waals surface area contributed by atoms with Crippen LogP contribution in [0.2, 0.25) is 0 Å². The predicted octanol–water partition coefficient (Wildman–Crippen LogP) is -0.809. The fourth-order valence-electron chi connectivity index (χ4n) is 7.83. The van der Waals surface area contributed by atoms with Crippen molar-refractivity contribution in [3.05, 3.63) is 46.5 Å². The summed E-state index contributed by atoms with van der Waals surface area (Å²) in [4.78, 5) is 62.8. The van der Waals surface area contributed by atoms with Crippen LogP contribution in [0.15, 0.2) is 46.5 Å². The summed E-state index contributed by atoms with van der Waals surface area (Å²) in [6, 6.07) is -1.27. The number of amides is 1. The number of hydrogen-bond donors (Lipinski definition) is 4. The molecule has 5 aliphatic rings. The average molecular weight is 703 g/mol. The highest BCUT2D eigenvalue weighted by Gasteiger charge is 2.61. The molecule has 18 heteroatoms. The van der Waals surface area contributed by atoms with Gasteiger partial charge in [-0.05, 0) is 23.8 Å². The molecule has 7 rings (SSSR count). The Hall–Kier alpha value is -3.90. The summed E-state index contributed by atoms with van der Waals surface area (Å²) in [5.74, 6) is -6.17. The molecule has 48 heavy (non-hydrogen) atoms. The third-order valence-electron chi connectivity index (χ3n) is 10.1. The number of thioether (sulfide) groups is 2. The molecule has 5 aliphatic heterocycles. The fourth-order valence-corrected chi connectivity index (χ4v) is 10.7. The Kier molecular flexibility index (Phi) is 8.30. The van der Waals surface area contributed by atoms with Gasteiger partial charge in [0.05, 0.1) is 41.7 Å². The van der Waals surface area contributed by atoms with Crippen molar-refractivity contribution in [2.45, 2.75) is 88.7 Å². The molecule has 256 valence electrons. The maximum Gasteiger partial charge on any atom is 0.353 e. The Labute approximate surface area is 283 Å². The van der Waals surface area contributed by atoms with Crippen LogP contribution in [0.3, 0.4) is 0 Å². The second kappa shape index (κ2) is 12.2. The van der Waals surface area contributed by atoms with Crippen molar-refractivity contribution >= 4 is 47.3 Å². The van der Waals surface area contributed by atoms with E-state index in [1.807, 2.05) is 32.6 Å². The van der Waals surface area contributed by atoms with Crippen molar-refractivity contribution in [1.82, 2.24) is 29.5 Å². The van der Waals surface area contributed by atoms with Gasteiger partial charge in [-0.2, -0.15) is 18.7 Å². The van der Waals surface area contributed by atoms with Crippen LogP contribution in [0.25, 0.3) is 0 Å². The van der Waals surface area contributed by atoms with Gasteiger partial charge in [-0.1, -0.05) is 13.8 Å². The summed E-state index contributed by atoms with van der Waals surface area (Å²) < 4.78 is 13.7. The van der Waals surface area contributed by atoms with Gasteiger partial charge >= 0.3 is 30.6 Å². The van der Waals surface area contributed by atoms with Gasteiger partial charge in [-0.15, -0.1) is 23.5 Å². The lowest BCUT2D eigenvalue weighted by Crippen LogP contribution is -2.64. The van der Waals surface area contributed by atoms with Crippen LogP contribution in [-0.4, -0.2) is 98.2 Å². The SMILES string of the molecule is C[C@@H](O)[C@@H](C(=O)O[C@H](C)[C@H]1C(=O)N2C(C(=O)O)=C(SC3Cn4cnc[n+]4C3)[C@H](C)[C@H]12)[C@@H]1NC(C(=O)O)=C(SC2Cn3cnc[n+]3C2)[C@@H]1C. The summed E-state index contributed by atoms with van der Waals surface area (Å²) in [7, 11) is 0. The number of aliphatic hydroxyl groups excluding tert-OH is 1. The van der Waals surface area contributed by atoms with E-state index >= 15 is 0 Å². The van der Waals surface area contributed by atoms with E-state index in [9.17, 15) is 34.5 Å². The molecule has 4 N–H and O–H groups in total. The van der Waals surface area contributed by atoms with E-state index < -0.39 is 65.9 Å². The number of rotatable bonds is 11. The van der Waals surface area contributed by atoms with E-state index in [4.69, 9.17) is 4.74 Å². The number of carboxylic acid groups (broad SMARTS) is 2. The minimum absolute atomic E-state index is 0.00438. The predicted molar refractivity (Wildman–Crippen MR) is 167 cm³/mol. The maximum atomic E-state index is 13.8. The summed E-state index contributed by atoms with van der Waals surface area (Å²) in [6.45, 7) is 9.39. The molecule has 1 fully saturated rings. The van der Waals surface area contributed by atoms with Crippen LogP contribution in [0.4, 0.5) is 0 Å². The largest absolute Gasteiger partial charge is 0.477 e. The Morgan fingerprint density at radius 2 is 1.54 bits per heavy atom. The highest BCUT2D eigenvalue weighted by Crippen LogP contribution is 2.52. The molecule has 0 bridgehead atoms. The van der Waals surface area contributed by atoms with Crippen molar-refractivity contribution in [3.63, 3.8) is 0 Å². The van der Waals surface area contributed by atoms with Crippen molar-refractivity contribution in [2.75, 3.05) is 0 Å². The summed E-state index contributed by atoms with van der Waals surface area (Å²) in [6.07, 6.45) is 4.77. The van der Waals surface area contributed by atoms with Gasteiger partial charge in [0.25, 0.3) is 0 Å². The number of aromatic nitrogens is 6. The standard InChI is InChI=1S/C30H36N8O8S2/c1-13-21(33-22(28(41)42)25(13)47-17-5-34-9-31-10-35(34)6-17)19(15(3)39)30(45)46-16(4)20-23-14(2)26(24(29(43)44)38(23)27(20)40)48-18-7-36-11-32-12-37(36)8-18/h9-21,23,33,39H,5-8H2,1-4H3/p+2/t13-,14-,15-,16-,19-,20-,21-,23-/m1/s1. The van der Waals surface area contributed by atoms with Crippen molar-refractivity contribution in [1.29, 1.82) is 0 Å². The number of nitrogens with one attached hydrogen (secondary N) is 1. The zero-order valence-electron chi connectivity index (χ0n) is 26.7. The zero-order valence-corrected chi connectivity index (χ0v) is 28.4. The van der Waals surface area contributed by atoms with E-state index in [1.165, 1.54) is 35.3 Å². The summed E-state index contributed by atoms with van der Waals surface area (Å²) >= 11 is 2.90. The van der Waals surface area contributed by atoms with Crippen LogP contribution < -0.4 is 14.7 Å². The van der Waals surface area contributed by atoms with Gasteiger partial charge in [0.2, 0.25) is 18.6 Å². The molecule has 0 aromatic carbocycles. The Balaban J connectivity index is 1.03. The molecule has 0 aliphatic carbocycles. The zero-order chi connectivity index (χ0) is 34.2. The van der Waals surface area contributed by atoms with Crippen molar-refractivity contribution in [3.8, 4) is 0 Å². The number of carbonyl (C=O) groups is 4. The number of carboxylic acids is 2. The molecule has 1 amide bonds. The van der Waals surface area contributed by atoms with E-state index in [0.29, 0.717) is 36.0 Å². The first-order valence-electron chi connectivity index (χ1n) is 15.9. The quantitative estimate of drug-likeness (QED) is 0.129. The minimum atomic E-state index is -1.19. The second-order valence-corrected chi connectivity index (χ2v) is 15.9. The third kappa shape index (κ3) is 5.28. The minimum Gasteiger partial charge on any atom is -0.477 e. The molecular weight excluding hydrogens is 665 g/mol. The lowest BCUT2D eigenvalue weighted by molar-refractivity contribution is -0.758. The number of fused-ring (bicyclic) bond motifs is 3. The topological polar surface area (TPSA) is 197 Å². The van der Waals surface area contributed by atoms with Gasteiger partial charge in [-0.25, -0.2) is 9.59 Å². The molecule has 0 radical (unpaired) electrons. The number of nitrogens with zero attached hydrogens (tertiary/aromatic N) is 7. The Morgan fingerprint density at radius 1 is 0.958 bits per heavy atom. The van der Waals surface area contributed by atoms with Crippen molar-refractivity contribution in [2.24, 2.45) is 23.7 Å². The van der Waals surface area contributed by atoms with Crippen LogP contribution in [0.1, 0.15) is 27.7 Å². The van der Waals surface area contributed by atoms with E-state index in [0.717, 1.165) is 0 Å². The van der Waals surface area contributed by atoms with Crippen molar-refractivity contribution < 1.29 is 48.6 Å². The van der Waals surface area contributed by atoms with Gasteiger partial charge in [0, 0.05) is 27.7 Å². The lowest BCUT2D eigenvalue weighted by atomic mass is 9.79. The third-order valence-corrected chi connectivity index (χ3v) is 13.0. The van der Waals surface area contributed by atoms with Crippen LogP contribution in [-0.2, 0) is 50.1 Å². The highest BCUT2D eigenvalue weighted by atomic mass is 32.2. The number of esters is 1. The summed E-state index contributed by atoms with van der Waals surface area (Å²) in [5.41, 5.74) is -0.0277. The van der Waals surface area contributed by atoms with Crippen LogP contribution in [0.5, 0.6) is 0 Å². The molecule has 0 unspecified atom stereocenters. The highest BCUT2D eigenvalue weighted by molar-refractivity contribution is 8.04. The first kappa shape index (κ1) is 32.6. The van der Waals surface area contributed by atoms with Crippen LogP contribution in [0, 0.1) is 23.7 Å². The maximum absolute atomic E-state index is 13.8. The first-order chi connectivity index (χ1) is 22.8. The lowest BCUT2D eigenvalue weighted by Gasteiger charge is -2.47. The van der Waals surface area contributed by atoms with Gasteiger partial charge < -0.3 is 30.3 Å². The van der Waals surface area contributed by atoms with E-state index in [2.05, 4.69) is 15.3 Å². The number of ether oxygens (including phenoxy) is 1. The van der Waals surface area contributed by atoms with E-state index in [1.54, 1.807) is 32.2 Å². The van der Waals surface area contributed by atoms with Gasteiger partial charge in [0.15, 0.2) is 0 Å². The fraction of sp³-hybridized carbons (Fsp3) is 0.600. The normalized spacial score (nSPS) is 30.8. The molecule has 16 nitrogen and oxygen atoms in total. The number of aliphatic hydroxyl groups is 1. The Bertz CT molecular complexity index is 1710. The molecule has 0 saturated carbocycles. The number of hydrogen-bond acceptors (Lipinski definition) is 11. The molecule has 0 spiro atoms. The van der Waals surface area contributed by atoms with Gasteiger partial charge in [-0.3, -0.25) is 9.59 Å². The molecule has 2 aromatic rings. The van der Waals surface area contributed by atoms with E-state index in [-0.39, 0.29) is 27.8 Å². The molecule has 1 saturated heterocycles. The van der Waals surface area contributed by atoms with Gasteiger partial charge in [0.1, 0.15) is 36.5 Å². The second-order valence-electron chi connectivity index (χ2n) is 13.2. The smallest absolute Gasteiger partial charge is 0.353 e. The monoisotopic (exact) mass is 702 g/mol. The van der Waals surface area contributed by atoms with Crippen LogP contribution >= 0.6 is 23.5 Å². The average Bonchev–Trinajstić information content (AvgIpc) is 3.83. The molecule has 7 heterocycles.